The quantitative estimate of drug-likeness (QED) is 0.758. The van der Waals surface area contributed by atoms with Crippen LogP contribution < -0.4 is 11.1 Å². The molecule has 7 heteroatoms. The molecule has 1 atom stereocenters. The molecule has 3 N–H and O–H groups in total. The lowest BCUT2D eigenvalue weighted by Crippen LogP contribution is -2.22. The zero-order chi connectivity index (χ0) is 16.1. The van der Waals surface area contributed by atoms with Crippen molar-refractivity contribution < 1.29 is 4.79 Å². The fraction of sp³-hybridized carbons (Fsp3) is 0.400. The Morgan fingerprint density at radius 1 is 1.32 bits per heavy atom. The van der Waals surface area contributed by atoms with Gasteiger partial charge in [-0.05, 0) is 30.9 Å². The number of carbonyl (C=O) groups excluding carboxylic acids is 1. The van der Waals surface area contributed by atoms with Crippen molar-refractivity contribution in [2.24, 2.45) is 5.73 Å². The van der Waals surface area contributed by atoms with Gasteiger partial charge in [0, 0.05) is 5.69 Å². The topological polar surface area (TPSA) is 80.9 Å². The van der Waals surface area contributed by atoms with E-state index in [1.807, 2.05) is 0 Å². The van der Waals surface area contributed by atoms with Gasteiger partial charge in [-0.3, -0.25) is 4.79 Å². The number of aryl methyl sites for hydroxylation is 2. The minimum atomic E-state index is -0.348. The molecule has 1 aromatic heterocycles. The predicted octanol–water partition coefficient (Wildman–Crippen LogP) is 3.37. The van der Waals surface area contributed by atoms with Crippen molar-refractivity contribution in [3.8, 4) is 0 Å². The van der Waals surface area contributed by atoms with Crippen molar-refractivity contribution in [1.29, 1.82) is 0 Å². The lowest BCUT2D eigenvalue weighted by Gasteiger charge is -2.13. The van der Waals surface area contributed by atoms with E-state index in [9.17, 15) is 4.79 Å². The molecule has 0 fully saturated rings. The summed E-state index contributed by atoms with van der Waals surface area (Å²) in [6, 6.07) is 6.32. The molecule has 0 saturated carbocycles. The number of benzene rings is 1. The summed E-state index contributed by atoms with van der Waals surface area (Å²) in [5.41, 5.74) is 8.90. The van der Waals surface area contributed by atoms with Crippen LogP contribution in [-0.4, -0.2) is 21.4 Å². The van der Waals surface area contributed by atoms with E-state index in [4.69, 9.17) is 5.73 Å². The second kappa shape index (κ2) is 7.60. The molecule has 0 aliphatic rings. The maximum atomic E-state index is 11.1. The molecule has 22 heavy (non-hydrogen) atoms. The van der Waals surface area contributed by atoms with Crippen LogP contribution in [0.3, 0.4) is 0 Å². The number of amides is 1. The summed E-state index contributed by atoms with van der Waals surface area (Å²) in [6.45, 7) is 6.04. The number of hydrogen-bond acceptors (Lipinski definition) is 6. The van der Waals surface area contributed by atoms with E-state index < -0.39 is 0 Å². The number of nitrogens with zero attached hydrogens (tertiary/aromatic N) is 2. The number of hydrogen-bond donors (Lipinski definition) is 2. The van der Waals surface area contributed by atoms with Crippen molar-refractivity contribution >= 4 is 39.8 Å². The number of aromatic nitrogens is 2. The van der Waals surface area contributed by atoms with Gasteiger partial charge in [-0.1, -0.05) is 55.1 Å². The minimum Gasteiger partial charge on any atom is -0.369 e. The Balaban J connectivity index is 2.18. The number of para-hydroxylation sites is 1. The Hall–Kier alpha value is -1.60. The molecule has 1 amide bonds. The molecule has 5 nitrogen and oxygen atoms in total. The largest absolute Gasteiger partial charge is 0.369 e. The molecule has 2 aromatic rings. The van der Waals surface area contributed by atoms with Crippen molar-refractivity contribution in [2.75, 3.05) is 5.32 Å². The van der Waals surface area contributed by atoms with Crippen molar-refractivity contribution in [1.82, 2.24) is 10.2 Å². The summed E-state index contributed by atoms with van der Waals surface area (Å²) in [6.07, 6.45) is 1.91. The van der Waals surface area contributed by atoms with Crippen molar-refractivity contribution in [3.63, 3.8) is 0 Å². The number of carbonyl (C=O) groups is 1. The number of thioether (sulfide) groups is 1. The second-order valence-electron chi connectivity index (χ2n) is 4.82. The van der Waals surface area contributed by atoms with Crippen LogP contribution in [0.1, 0.15) is 31.9 Å². The van der Waals surface area contributed by atoms with E-state index >= 15 is 0 Å². The number of primary amides is 1. The second-order valence-corrected chi connectivity index (χ2v) is 7.38. The highest BCUT2D eigenvalue weighted by Crippen LogP contribution is 2.32. The molecule has 1 heterocycles. The third kappa shape index (κ3) is 3.98. The molecule has 0 saturated heterocycles. The Labute approximate surface area is 138 Å². The van der Waals surface area contributed by atoms with Gasteiger partial charge in [0.2, 0.25) is 11.0 Å². The number of nitrogens with one attached hydrogen (secondary N) is 1. The van der Waals surface area contributed by atoms with E-state index in [1.54, 1.807) is 6.92 Å². The average Bonchev–Trinajstić information content (AvgIpc) is 2.94. The van der Waals surface area contributed by atoms with Crippen LogP contribution in [-0.2, 0) is 17.6 Å². The zero-order valence-corrected chi connectivity index (χ0v) is 14.6. The summed E-state index contributed by atoms with van der Waals surface area (Å²) in [7, 11) is 0. The van der Waals surface area contributed by atoms with E-state index in [1.165, 1.54) is 34.2 Å². The molecule has 0 radical (unpaired) electrons. The first-order valence-corrected chi connectivity index (χ1v) is 8.92. The fourth-order valence-electron chi connectivity index (χ4n) is 2.03. The van der Waals surface area contributed by atoms with Crippen LogP contribution in [0.5, 0.6) is 0 Å². The van der Waals surface area contributed by atoms with E-state index in [0.717, 1.165) is 28.0 Å². The van der Waals surface area contributed by atoms with Crippen LogP contribution in [0.4, 0.5) is 10.8 Å². The standard InChI is InChI=1S/C15H20N4OS2/c1-4-10-7-6-8-11(5-2)12(10)17-14-18-19-15(22-14)21-9(3)13(16)20/h6-9H,4-5H2,1-3H3,(H2,16,20)(H,17,18)/t9-/m1/s1. The van der Waals surface area contributed by atoms with Gasteiger partial charge < -0.3 is 11.1 Å². The first-order valence-electron chi connectivity index (χ1n) is 7.22. The Morgan fingerprint density at radius 3 is 2.50 bits per heavy atom. The van der Waals surface area contributed by atoms with Gasteiger partial charge in [0.05, 0.1) is 5.25 Å². The van der Waals surface area contributed by atoms with Gasteiger partial charge in [0.15, 0.2) is 4.34 Å². The first kappa shape index (κ1) is 16.8. The van der Waals surface area contributed by atoms with Gasteiger partial charge in [-0.2, -0.15) is 0 Å². The van der Waals surface area contributed by atoms with Crippen LogP contribution >= 0.6 is 23.1 Å². The zero-order valence-electron chi connectivity index (χ0n) is 12.9. The maximum absolute atomic E-state index is 11.1. The molecular weight excluding hydrogens is 316 g/mol. The van der Waals surface area contributed by atoms with Gasteiger partial charge >= 0.3 is 0 Å². The van der Waals surface area contributed by atoms with Crippen LogP contribution in [0.2, 0.25) is 0 Å². The monoisotopic (exact) mass is 336 g/mol. The van der Waals surface area contributed by atoms with Crippen LogP contribution in [0, 0.1) is 0 Å². The van der Waals surface area contributed by atoms with E-state index in [2.05, 4.69) is 47.6 Å². The van der Waals surface area contributed by atoms with E-state index in [-0.39, 0.29) is 11.2 Å². The lowest BCUT2D eigenvalue weighted by atomic mass is 10.0. The van der Waals surface area contributed by atoms with Gasteiger partial charge in [0.1, 0.15) is 0 Å². The number of rotatable bonds is 7. The molecule has 0 spiro atoms. The molecule has 1 aromatic carbocycles. The summed E-state index contributed by atoms with van der Waals surface area (Å²) in [5, 5.41) is 12.1. The van der Waals surface area contributed by atoms with E-state index in [0.29, 0.717) is 0 Å². The van der Waals surface area contributed by atoms with Crippen LogP contribution in [0.25, 0.3) is 0 Å². The van der Waals surface area contributed by atoms with Gasteiger partial charge in [-0.25, -0.2) is 0 Å². The molecular formula is C15H20N4OS2. The summed E-state index contributed by atoms with van der Waals surface area (Å²) in [4.78, 5) is 11.1. The first-order chi connectivity index (χ1) is 10.5. The molecule has 0 bridgehead atoms. The van der Waals surface area contributed by atoms with Gasteiger partial charge in [-0.15, -0.1) is 10.2 Å². The Morgan fingerprint density at radius 2 is 1.95 bits per heavy atom. The molecule has 0 aliphatic heterocycles. The Bertz CT molecular complexity index is 634. The lowest BCUT2D eigenvalue weighted by molar-refractivity contribution is -0.117. The molecule has 0 aliphatic carbocycles. The average molecular weight is 336 g/mol. The number of anilines is 2. The summed E-state index contributed by atoms with van der Waals surface area (Å²) >= 11 is 2.77. The Kier molecular flexibility index (Phi) is 5.79. The molecule has 2 rings (SSSR count). The highest BCUT2D eigenvalue weighted by Gasteiger charge is 2.15. The molecule has 0 unspecified atom stereocenters. The smallest absolute Gasteiger partial charge is 0.230 e. The highest BCUT2D eigenvalue weighted by molar-refractivity contribution is 8.02. The predicted molar refractivity (Wildman–Crippen MR) is 92.9 cm³/mol. The normalized spacial score (nSPS) is 12.1. The summed E-state index contributed by atoms with van der Waals surface area (Å²) in [5.74, 6) is -0.348. The SMILES string of the molecule is CCc1cccc(CC)c1Nc1nnc(S[C@H](C)C(N)=O)s1. The van der Waals surface area contributed by atoms with Crippen molar-refractivity contribution in [3.05, 3.63) is 29.3 Å². The maximum Gasteiger partial charge on any atom is 0.230 e. The minimum absolute atomic E-state index is 0.310. The number of nitrogens with two attached hydrogens (primary N) is 1. The van der Waals surface area contributed by atoms with Crippen LogP contribution in [0.15, 0.2) is 22.5 Å². The summed E-state index contributed by atoms with van der Waals surface area (Å²) < 4.78 is 0.737. The third-order valence-corrected chi connectivity index (χ3v) is 5.36. The van der Waals surface area contributed by atoms with Gasteiger partial charge in [0.25, 0.3) is 0 Å². The fourth-order valence-corrected chi connectivity index (χ4v) is 3.88. The third-order valence-electron chi connectivity index (χ3n) is 3.32. The molecule has 118 valence electrons. The van der Waals surface area contributed by atoms with Crippen molar-refractivity contribution in [2.45, 2.75) is 43.2 Å². The highest BCUT2D eigenvalue weighted by atomic mass is 32.2.